The van der Waals surface area contributed by atoms with E-state index in [4.69, 9.17) is 13.7 Å². The molecule has 3 saturated carbocycles. The maximum atomic E-state index is 13.3. The van der Waals surface area contributed by atoms with Gasteiger partial charge in [-0.1, -0.05) is 44.2 Å². The summed E-state index contributed by atoms with van der Waals surface area (Å²) in [6.07, 6.45) is 4.73. The zero-order chi connectivity index (χ0) is 26.7. The summed E-state index contributed by atoms with van der Waals surface area (Å²) in [5.41, 5.74) is 3.29. The molecule has 4 aliphatic rings. The lowest BCUT2D eigenvalue weighted by atomic mass is 9.43. The van der Waals surface area contributed by atoms with E-state index < -0.39 is 7.12 Å². The van der Waals surface area contributed by atoms with Crippen molar-refractivity contribution < 1.29 is 23.3 Å². The van der Waals surface area contributed by atoms with Crippen molar-refractivity contribution in [1.29, 1.82) is 0 Å². The largest absolute Gasteiger partial charge is 0.482 e. The molecule has 8 heteroatoms. The molecular weight excluding hydrogens is 479 g/mol. The Balaban J connectivity index is 1.22. The molecule has 2 N–H and O–H groups in total. The number of para-hydroxylation sites is 1. The van der Waals surface area contributed by atoms with Gasteiger partial charge in [-0.3, -0.25) is 9.59 Å². The van der Waals surface area contributed by atoms with Gasteiger partial charge >= 0.3 is 7.12 Å². The number of carbonyl (C=O) groups is 2. The highest BCUT2D eigenvalue weighted by atomic mass is 16.7. The quantitative estimate of drug-likeness (QED) is 0.437. The summed E-state index contributed by atoms with van der Waals surface area (Å²) in [6.45, 7) is 8.36. The van der Waals surface area contributed by atoms with Gasteiger partial charge in [0, 0.05) is 18.0 Å². The SMILES string of the molecule is CC(=O)Nc1ccc(CC(=O)N[C@@H](Cc2coc3ccccc23)B2O[C@@H]3C[C@@H]4C[C@@H](C4(C)C)[C@]3(C)O2)cc1. The van der Waals surface area contributed by atoms with Crippen molar-refractivity contribution in [3.63, 3.8) is 0 Å². The smallest absolute Gasteiger partial charge is 0.464 e. The summed E-state index contributed by atoms with van der Waals surface area (Å²) in [5.74, 6) is 0.491. The molecule has 38 heavy (non-hydrogen) atoms. The van der Waals surface area contributed by atoms with Gasteiger partial charge in [-0.05, 0) is 72.8 Å². The fraction of sp³-hybridized carbons (Fsp3) is 0.467. The van der Waals surface area contributed by atoms with Crippen molar-refractivity contribution in [2.75, 3.05) is 5.32 Å². The number of benzene rings is 2. The zero-order valence-electron chi connectivity index (χ0n) is 22.5. The van der Waals surface area contributed by atoms with Crippen molar-refractivity contribution in [3.8, 4) is 0 Å². The highest BCUT2D eigenvalue weighted by Crippen LogP contribution is 2.65. The number of furan rings is 1. The van der Waals surface area contributed by atoms with Crippen molar-refractivity contribution in [2.24, 2.45) is 17.3 Å². The predicted molar refractivity (Wildman–Crippen MR) is 146 cm³/mol. The summed E-state index contributed by atoms with van der Waals surface area (Å²) in [5, 5.41) is 7.02. The number of fused-ring (bicyclic) bond motifs is 1. The first-order chi connectivity index (χ1) is 18.1. The molecule has 2 bridgehead atoms. The van der Waals surface area contributed by atoms with E-state index in [0.717, 1.165) is 28.5 Å². The van der Waals surface area contributed by atoms with Crippen LogP contribution in [0.1, 0.15) is 51.7 Å². The van der Waals surface area contributed by atoms with Crippen molar-refractivity contribution in [1.82, 2.24) is 5.32 Å². The second-order valence-corrected chi connectivity index (χ2v) is 12.0. The Morgan fingerprint density at radius 3 is 2.58 bits per heavy atom. The van der Waals surface area contributed by atoms with E-state index in [9.17, 15) is 9.59 Å². The first kappa shape index (κ1) is 25.2. The summed E-state index contributed by atoms with van der Waals surface area (Å²) in [7, 11) is -0.542. The molecule has 7 rings (SSSR count). The highest BCUT2D eigenvalue weighted by Gasteiger charge is 2.68. The van der Waals surface area contributed by atoms with E-state index in [-0.39, 0.29) is 41.3 Å². The second-order valence-electron chi connectivity index (χ2n) is 12.0. The third-order valence-electron chi connectivity index (χ3n) is 9.28. The molecule has 7 nitrogen and oxygen atoms in total. The Morgan fingerprint density at radius 1 is 1.08 bits per heavy atom. The first-order valence-corrected chi connectivity index (χ1v) is 13.6. The Labute approximate surface area is 223 Å². The van der Waals surface area contributed by atoms with Crippen LogP contribution >= 0.6 is 0 Å². The van der Waals surface area contributed by atoms with Crippen LogP contribution in [0, 0.1) is 17.3 Å². The van der Waals surface area contributed by atoms with Crippen LogP contribution in [0.2, 0.25) is 0 Å². The van der Waals surface area contributed by atoms with Gasteiger partial charge in [-0.15, -0.1) is 0 Å². The number of hydrogen-bond donors (Lipinski definition) is 2. The first-order valence-electron chi connectivity index (χ1n) is 13.6. The third kappa shape index (κ3) is 4.33. The minimum atomic E-state index is -0.542. The average Bonchev–Trinajstić information content (AvgIpc) is 3.44. The highest BCUT2D eigenvalue weighted by molar-refractivity contribution is 6.48. The molecular formula is C30H35BN2O5. The minimum Gasteiger partial charge on any atom is -0.464 e. The standard InChI is InChI=1S/C30H35BN2O5/c1-18(34)32-22-11-9-19(10-12-22)13-28(35)33-27(14-20-17-36-24-8-6-5-7-23(20)24)31-37-26-16-21-15-25(29(21,2)3)30(26,4)38-31/h5-12,17,21,25-27H,13-16H2,1-4H3,(H,32,34)(H,33,35)/t21-,25-,26+,27-,30-/m0/s1. The van der Waals surface area contributed by atoms with Gasteiger partial charge < -0.3 is 24.4 Å². The van der Waals surface area contributed by atoms with E-state index in [1.54, 1.807) is 6.26 Å². The van der Waals surface area contributed by atoms with Crippen molar-refractivity contribution in [3.05, 3.63) is 65.9 Å². The molecule has 3 aromatic rings. The van der Waals surface area contributed by atoms with Crippen LogP contribution in [-0.2, 0) is 31.7 Å². The molecule has 2 aromatic carbocycles. The lowest BCUT2D eigenvalue weighted by Gasteiger charge is -2.64. The van der Waals surface area contributed by atoms with Crippen LogP contribution in [0.3, 0.4) is 0 Å². The Bertz CT molecular complexity index is 1370. The molecule has 3 aliphatic carbocycles. The molecule has 4 fully saturated rings. The second kappa shape index (κ2) is 9.28. The van der Waals surface area contributed by atoms with Crippen LogP contribution in [0.25, 0.3) is 11.0 Å². The number of rotatable bonds is 7. The van der Waals surface area contributed by atoms with Crippen LogP contribution in [0.5, 0.6) is 0 Å². The minimum absolute atomic E-state index is 0.0334. The third-order valence-corrected chi connectivity index (χ3v) is 9.28. The van der Waals surface area contributed by atoms with Crippen LogP contribution in [0.4, 0.5) is 5.69 Å². The number of hydrogen-bond acceptors (Lipinski definition) is 5. The maximum Gasteiger partial charge on any atom is 0.482 e. The summed E-state index contributed by atoms with van der Waals surface area (Å²) >= 11 is 0. The van der Waals surface area contributed by atoms with E-state index in [1.165, 1.54) is 13.3 Å². The van der Waals surface area contributed by atoms with Gasteiger partial charge in [0.05, 0.1) is 30.3 Å². The predicted octanol–water partition coefficient (Wildman–Crippen LogP) is 4.93. The Hall–Kier alpha value is -3.10. The fourth-order valence-corrected chi connectivity index (χ4v) is 7.07. The monoisotopic (exact) mass is 514 g/mol. The summed E-state index contributed by atoms with van der Waals surface area (Å²) < 4.78 is 19.1. The van der Waals surface area contributed by atoms with Crippen molar-refractivity contribution in [2.45, 2.75) is 71.0 Å². The van der Waals surface area contributed by atoms with Crippen LogP contribution < -0.4 is 10.6 Å². The zero-order valence-corrected chi connectivity index (χ0v) is 22.5. The molecule has 198 valence electrons. The van der Waals surface area contributed by atoms with E-state index in [2.05, 4.69) is 31.4 Å². The lowest BCUT2D eigenvalue weighted by Crippen LogP contribution is -2.65. The molecule has 2 heterocycles. The molecule has 1 aromatic heterocycles. The molecule has 5 atom stereocenters. The molecule has 0 radical (unpaired) electrons. The van der Waals surface area contributed by atoms with Gasteiger partial charge in [0.25, 0.3) is 0 Å². The van der Waals surface area contributed by atoms with Gasteiger partial charge in [0.15, 0.2) is 0 Å². The Kier molecular flexibility index (Phi) is 6.15. The lowest BCUT2D eigenvalue weighted by molar-refractivity contribution is -0.199. The number of nitrogens with one attached hydrogen (secondary N) is 2. The normalized spacial score (nSPS) is 27.9. The Morgan fingerprint density at radius 2 is 1.84 bits per heavy atom. The van der Waals surface area contributed by atoms with Gasteiger partial charge in [0.2, 0.25) is 11.8 Å². The number of amides is 2. The van der Waals surface area contributed by atoms with Gasteiger partial charge in [-0.2, -0.15) is 0 Å². The van der Waals surface area contributed by atoms with Crippen LogP contribution in [0.15, 0.2) is 59.2 Å². The summed E-state index contributed by atoms with van der Waals surface area (Å²) in [4.78, 5) is 24.6. The van der Waals surface area contributed by atoms with Crippen LogP contribution in [-0.4, -0.2) is 36.6 Å². The molecule has 2 amide bonds. The topological polar surface area (TPSA) is 89.8 Å². The molecule has 0 spiro atoms. The van der Waals surface area contributed by atoms with E-state index >= 15 is 0 Å². The van der Waals surface area contributed by atoms with Gasteiger partial charge in [0.1, 0.15) is 5.58 Å². The number of anilines is 1. The molecule has 1 saturated heterocycles. The van der Waals surface area contributed by atoms with Crippen molar-refractivity contribution >= 4 is 35.6 Å². The summed E-state index contributed by atoms with van der Waals surface area (Å²) in [6, 6.07) is 15.3. The molecule has 1 aliphatic heterocycles. The maximum absolute atomic E-state index is 13.3. The average molecular weight is 514 g/mol. The fourth-order valence-electron chi connectivity index (χ4n) is 7.07. The number of carbonyl (C=O) groups excluding carboxylic acids is 2. The molecule has 0 unspecified atom stereocenters. The van der Waals surface area contributed by atoms with E-state index in [0.29, 0.717) is 23.9 Å². The van der Waals surface area contributed by atoms with E-state index in [1.807, 2.05) is 48.5 Å². The van der Waals surface area contributed by atoms with Gasteiger partial charge in [-0.25, -0.2) is 0 Å².